The lowest BCUT2D eigenvalue weighted by Crippen LogP contribution is -2.55. The van der Waals surface area contributed by atoms with Gasteiger partial charge in [0.1, 0.15) is 0 Å². The molecule has 1 heterocycles. The fourth-order valence-electron chi connectivity index (χ4n) is 3.52. The summed E-state index contributed by atoms with van der Waals surface area (Å²) in [6.45, 7) is 4.91. The summed E-state index contributed by atoms with van der Waals surface area (Å²) in [6.07, 6.45) is 2.69. The van der Waals surface area contributed by atoms with Crippen LogP contribution in [0.25, 0.3) is 0 Å². The molecule has 0 aliphatic heterocycles. The number of carboxylic acid groups (broad SMARTS) is 1. The van der Waals surface area contributed by atoms with Gasteiger partial charge in [-0.25, -0.2) is 0 Å². The molecule has 0 radical (unpaired) electrons. The van der Waals surface area contributed by atoms with Crippen LogP contribution in [0.5, 0.6) is 0 Å². The average molecular weight is 336 g/mol. The first-order valence-corrected chi connectivity index (χ1v) is 9.17. The molecule has 2 aliphatic carbocycles. The van der Waals surface area contributed by atoms with Crippen molar-refractivity contribution in [3.8, 4) is 0 Å². The highest BCUT2D eigenvalue weighted by atomic mass is 32.1. The van der Waals surface area contributed by atoms with Gasteiger partial charge in [-0.15, -0.1) is 11.3 Å². The number of carbonyl (C=O) groups is 2. The normalized spacial score (nSPS) is 29.2. The number of aliphatic carboxylic acids is 1. The van der Waals surface area contributed by atoms with E-state index in [-0.39, 0.29) is 30.5 Å². The summed E-state index contributed by atoms with van der Waals surface area (Å²) in [5.41, 5.74) is 1.30. The van der Waals surface area contributed by atoms with E-state index in [4.69, 9.17) is 5.11 Å². The Balaban J connectivity index is 1.43. The first-order chi connectivity index (χ1) is 11.0. The van der Waals surface area contributed by atoms with Crippen LogP contribution >= 0.6 is 11.3 Å². The van der Waals surface area contributed by atoms with Crippen molar-refractivity contribution >= 4 is 23.2 Å². The maximum absolute atomic E-state index is 12.3. The summed E-state index contributed by atoms with van der Waals surface area (Å²) < 4.78 is 0. The summed E-state index contributed by atoms with van der Waals surface area (Å²) in [4.78, 5) is 26.5. The molecule has 2 atom stereocenters. The number of rotatable bonds is 7. The molecule has 3 rings (SSSR count). The van der Waals surface area contributed by atoms with Gasteiger partial charge in [-0.3, -0.25) is 14.5 Å². The van der Waals surface area contributed by atoms with Crippen molar-refractivity contribution in [2.24, 2.45) is 5.92 Å². The molecular weight excluding hydrogens is 312 g/mol. The van der Waals surface area contributed by atoms with Gasteiger partial charge < -0.3 is 10.4 Å². The highest BCUT2D eigenvalue weighted by Crippen LogP contribution is 2.50. The predicted octanol–water partition coefficient (Wildman–Crippen LogP) is 2.21. The smallest absolute Gasteiger partial charge is 0.317 e. The minimum atomic E-state index is -0.786. The van der Waals surface area contributed by atoms with Gasteiger partial charge in [0.15, 0.2) is 0 Å². The van der Waals surface area contributed by atoms with Crippen LogP contribution in [-0.2, 0) is 9.59 Å². The molecule has 0 bridgehead atoms. The highest BCUT2D eigenvalue weighted by Gasteiger charge is 2.46. The number of likely N-dealkylation sites (N-methyl/N-ethyl adjacent to an activating group) is 1. The van der Waals surface area contributed by atoms with Gasteiger partial charge in [-0.1, -0.05) is 6.92 Å². The van der Waals surface area contributed by atoms with Crippen LogP contribution in [0.2, 0.25) is 0 Å². The third-order valence-corrected chi connectivity index (χ3v) is 6.24. The summed E-state index contributed by atoms with van der Waals surface area (Å²) in [7, 11) is 0. The summed E-state index contributed by atoms with van der Waals surface area (Å²) in [5.74, 6) is -0.0725. The van der Waals surface area contributed by atoms with Gasteiger partial charge in [0.25, 0.3) is 0 Å². The van der Waals surface area contributed by atoms with E-state index in [0.717, 1.165) is 25.8 Å². The Morgan fingerprint density at radius 2 is 2.13 bits per heavy atom. The lowest BCUT2D eigenvalue weighted by atomic mass is 9.85. The summed E-state index contributed by atoms with van der Waals surface area (Å²) >= 11 is 1.75. The number of hydrogen-bond donors (Lipinski definition) is 2. The van der Waals surface area contributed by atoms with Crippen LogP contribution in [0.15, 0.2) is 11.4 Å². The molecular formula is C17H24N2O3S. The standard InChI is InChI=1S/C17H24N2O3S/c1-3-19(9-15(20)21)12-6-11(7-12)18-17(22)14-8-13(14)16-10(2)4-5-23-16/h4-5,11-14H,3,6-9H2,1-2H3,(H,18,22)(H,20,21). The van der Waals surface area contributed by atoms with Crippen LogP contribution in [-0.4, -0.2) is 47.1 Å². The maximum Gasteiger partial charge on any atom is 0.317 e. The van der Waals surface area contributed by atoms with E-state index in [1.807, 2.05) is 11.8 Å². The molecule has 2 aliphatic rings. The average Bonchev–Trinajstić information content (AvgIpc) is 3.14. The quantitative estimate of drug-likeness (QED) is 0.801. The molecule has 0 saturated heterocycles. The van der Waals surface area contributed by atoms with Gasteiger partial charge in [-0.05, 0) is 49.7 Å². The third kappa shape index (κ3) is 3.58. The van der Waals surface area contributed by atoms with Crippen molar-refractivity contribution in [2.75, 3.05) is 13.1 Å². The summed E-state index contributed by atoms with van der Waals surface area (Å²) in [6, 6.07) is 2.61. The van der Waals surface area contributed by atoms with Crippen molar-refractivity contribution in [3.63, 3.8) is 0 Å². The fraction of sp³-hybridized carbons (Fsp3) is 0.647. The number of nitrogens with one attached hydrogen (secondary N) is 1. The Hall–Kier alpha value is -1.40. The number of nitrogens with zero attached hydrogens (tertiary/aromatic N) is 1. The SMILES string of the molecule is CCN(CC(=O)O)C1CC(NC(=O)C2CC2c2sccc2C)C1. The van der Waals surface area contributed by atoms with Crippen molar-refractivity contribution in [1.82, 2.24) is 10.2 Å². The molecule has 1 aromatic rings. The largest absolute Gasteiger partial charge is 0.480 e. The third-order valence-electron chi connectivity index (χ3n) is 5.09. The van der Waals surface area contributed by atoms with Crippen LogP contribution in [0.4, 0.5) is 0 Å². The zero-order valence-electron chi connectivity index (χ0n) is 13.6. The summed E-state index contributed by atoms with van der Waals surface area (Å²) in [5, 5.41) is 14.1. The first-order valence-electron chi connectivity index (χ1n) is 8.29. The van der Waals surface area contributed by atoms with Crippen LogP contribution in [0.3, 0.4) is 0 Å². The van der Waals surface area contributed by atoms with Gasteiger partial charge in [0, 0.05) is 28.8 Å². The number of aryl methyl sites for hydroxylation is 1. The van der Waals surface area contributed by atoms with E-state index in [9.17, 15) is 9.59 Å². The topological polar surface area (TPSA) is 69.6 Å². The molecule has 126 valence electrons. The minimum absolute atomic E-state index is 0.0875. The molecule has 2 saturated carbocycles. The van der Waals surface area contributed by atoms with E-state index in [1.54, 1.807) is 11.3 Å². The van der Waals surface area contributed by atoms with Crippen molar-refractivity contribution in [3.05, 3.63) is 21.9 Å². The highest BCUT2D eigenvalue weighted by molar-refractivity contribution is 7.10. The second kappa shape index (κ2) is 6.61. The molecule has 2 unspecified atom stereocenters. The second-order valence-electron chi connectivity index (χ2n) is 6.70. The van der Waals surface area contributed by atoms with E-state index >= 15 is 0 Å². The second-order valence-corrected chi connectivity index (χ2v) is 7.65. The van der Waals surface area contributed by atoms with Crippen molar-refractivity contribution in [1.29, 1.82) is 0 Å². The lowest BCUT2D eigenvalue weighted by molar-refractivity contribution is -0.139. The van der Waals surface area contributed by atoms with Crippen LogP contribution < -0.4 is 5.32 Å². The predicted molar refractivity (Wildman–Crippen MR) is 89.7 cm³/mol. The molecule has 5 nitrogen and oxygen atoms in total. The minimum Gasteiger partial charge on any atom is -0.480 e. The van der Waals surface area contributed by atoms with Gasteiger partial charge in [-0.2, -0.15) is 0 Å². The van der Waals surface area contributed by atoms with Gasteiger partial charge in [0.05, 0.1) is 6.54 Å². The Labute approximate surface area is 140 Å². The molecule has 2 N–H and O–H groups in total. The Kier molecular flexibility index (Phi) is 4.73. The molecule has 2 fully saturated rings. The van der Waals surface area contributed by atoms with E-state index in [1.165, 1.54) is 10.4 Å². The maximum atomic E-state index is 12.3. The molecule has 0 spiro atoms. The molecule has 1 aromatic heterocycles. The Morgan fingerprint density at radius 1 is 1.39 bits per heavy atom. The number of hydrogen-bond acceptors (Lipinski definition) is 4. The first kappa shape index (κ1) is 16.5. The number of carboxylic acids is 1. The lowest BCUT2D eigenvalue weighted by Gasteiger charge is -2.42. The monoisotopic (exact) mass is 336 g/mol. The van der Waals surface area contributed by atoms with Crippen LogP contribution in [0.1, 0.15) is 42.5 Å². The Morgan fingerprint density at radius 3 is 2.70 bits per heavy atom. The van der Waals surface area contributed by atoms with Gasteiger partial charge in [0.2, 0.25) is 5.91 Å². The zero-order valence-corrected chi connectivity index (χ0v) is 14.4. The molecule has 0 aromatic carbocycles. The van der Waals surface area contributed by atoms with Crippen molar-refractivity contribution in [2.45, 2.75) is 51.1 Å². The molecule has 6 heteroatoms. The zero-order chi connectivity index (χ0) is 16.6. The number of thiophene rings is 1. The fourth-order valence-corrected chi connectivity index (χ4v) is 4.63. The van der Waals surface area contributed by atoms with E-state index in [0.29, 0.717) is 5.92 Å². The Bertz CT molecular complexity index is 594. The molecule has 23 heavy (non-hydrogen) atoms. The van der Waals surface area contributed by atoms with Crippen LogP contribution in [0, 0.1) is 12.8 Å². The van der Waals surface area contributed by atoms with E-state index in [2.05, 4.69) is 23.7 Å². The number of amides is 1. The van der Waals surface area contributed by atoms with Gasteiger partial charge >= 0.3 is 5.97 Å². The van der Waals surface area contributed by atoms with Crippen molar-refractivity contribution < 1.29 is 14.7 Å². The molecule has 1 amide bonds. The van der Waals surface area contributed by atoms with E-state index < -0.39 is 5.97 Å². The number of carbonyl (C=O) groups excluding carboxylic acids is 1.